The van der Waals surface area contributed by atoms with E-state index in [1.165, 1.54) is 24.6 Å². The first-order valence-electron chi connectivity index (χ1n) is 8.27. The van der Waals surface area contributed by atoms with Crippen LogP contribution < -0.4 is 10.9 Å². The maximum Gasteiger partial charge on any atom is 0.263 e. The van der Waals surface area contributed by atoms with Gasteiger partial charge in [-0.1, -0.05) is 30.3 Å². The van der Waals surface area contributed by atoms with E-state index in [0.717, 1.165) is 19.6 Å². The van der Waals surface area contributed by atoms with E-state index in [0.29, 0.717) is 17.0 Å². The van der Waals surface area contributed by atoms with Crippen LogP contribution >= 0.6 is 0 Å². The van der Waals surface area contributed by atoms with Gasteiger partial charge in [-0.15, -0.1) is 0 Å². The molecule has 1 unspecified atom stereocenters. The Morgan fingerprint density at radius 3 is 2.79 bits per heavy atom. The highest BCUT2D eigenvalue weighted by Crippen LogP contribution is 2.21. The highest BCUT2D eigenvalue weighted by molar-refractivity contribution is 5.73. The van der Waals surface area contributed by atoms with Gasteiger partial charge >= 0.3 is 0 Å². The van der Waals surface area contributed by atoms with Gasteiger partial charge in [-0.25, -0.2) is 0 Å². The first kappa shape index (κ1) is 14.9. The molecule has 3 aromatic rings. The molecule has 24 heavy (non-hydrogen) atoms. The van der Waals surface area contributed by atoms with Gasteiger partial charge in [0.1, 0.15) is 5.39 Å². The normalized spacial score (nSPS) is 16.5. The standard InChI is InChI=1S/C17H20N6O/c24-16-13-10-18-22-15(13)20-17(21-16)19-14(11-23-8-4-5-9-23)12-6-2-1-3-7-12/h1-3,6-7,10,14H,4-5,8-9,11H2,(H3,18,19,20,21,22,24). The summed E-state index contributed by atoms with van der Waals surface area (Å²) < 4.78 is 0. The molecule has 0 spiro atoms. The number of hydrogen-bond acceptors (Lipinski definition) is 5. The Bertz CT molecular complexity index is 865. The number of aromatic nitrogens is 4. The molecule has 0 bridgehead atoms. The van der Waals surface area contributed by atoms with Crippen molar-refractivity contribution < 1.29 is 0 Å². The van der Waals surface area contributed by atoms with Gasteiger partial charge in [-0.2, -0.15) is 10.1 Å². The number of nitrogens with zero attached hydrogens (tertiary/aromatic N) is 3. The summed E-state index contributed by atoms with van der Waals surface area (Å²) in [6.07, 6.45) is 3.98. The van der Waals surface area contributed by atoms with Gasteiger partial charge in [0.2, 0.25) is 5.95 Å². The minimum atomic E-state index is -0.191. The van der Waals surface area contributed by atoms with Crippen LogP contribution in [-0.4, -0.2) is 44.7 Å². The Morgan fingerprint density at radius 1 is 1.21 bits per heavy atom. The molecule has 3 heterocycles. The Morgan fingerprint density at radius 2 is 2.00 bits per heavy atom. The molecule has 7 heteroatoms. The van der Waals surface area contributed by atoms with Crippen LogP contribution in [0, 0.1) is 0 Å². The molecule has 4 rings (SSSR count). The number of aromatic amines is 2. The lowest BCUT2D eigenvalue weighted by atomic mass is 10.1. The van der Waals surface area contributed by atoms with Crippen molar-refractivity contribution in [2.45, 2.75) is 18.9 Å². The van der Waals surface area contributed by atoms with Crippen LogP contribution in [-0.2, 0) is 0 Å². The van der Waals surface area contributed by atoms with Gasteiger partial charge in [0.15, 0.2) is 5.65 Å². The van der Waals surface area contributed by atoms with Crippen LogP contribution in [0.5, 0.6) is 0 Å². The van der Waals surface area contributed by atoms with Crippen molar-refractivity contribution in [3.05, 3.63) is 52.4 Å². The fourth-order valence-electron chi connectivity index (χ4n) is 3.22. The van der Waals surface area contributed by atoms with Crippen LogP contribution in [0.4, 0.5) is 5.95 Å². The second kappa shape index (κ2) is 6.45. The summed E-state index contributed by atoms with van der Waals surface area (Å²) in [4.78, 5) is 21.8. The van der Waals surface area contributed by atoms with E-state index in [1.807, 2.05) is 18.2 Å². The van der Waals surface area contributed by atoms with Crippen molar-refractivity contribution in [1.82, 2.24) is 25.1 Å². The molecule has 2 aromatic heterocycles. The van der Waals surface area contributed by atoms with Gasteiger partial charge in [0, 0.05) is 6.54 Å². The predicted molar refractivity (Wildman–Crippen MR) is 93.0 cm³/mol. The highest BCUT2D eigenvalue weighted by atomic mass is 16.1. The lowest BCUT2D eigenvalue weighted by molar-refractivity contribution is 0.323. The van der Waals surface area contributed by atoms with Gasteiger partial charge in [0.05, 0.1) is 12.2 Å². The summed E-state index contributed by atoms with van der Waals surface area (Å²) in [7, 11) is 0. The van der Waals surface area contributed by atoms with Crippen molar-refractivity contribution in [1.29, 1.82) is 0 Å². The van der Waals surface area contributed by atoms with Crippen molar-refractivity contribution in [2.75, 3.05) is 25.0 Å². The van der Waals surface area contributed by atoms with Crippen LogP contribution in [0.3, 0.4) is 0 Å². The summed E-state index contributed by atoms with van der Waals surface area (Å²) in [5.41, 5.74) is 1.48. The molecule has 1 fully saturated rings. The average molecular weight is 324 g/mol. The quantitative estimate of drug-likeness (QED) is 0.667. The lowest BCUT2D eigenvalue weighted by Crippen LogP contribution is -2.30. The van der Waals surface area contributed by atoms with Crippen LogP contribution in [0.25, 0.3) is 11.0 Å². The number of hydrogen-bond donors (Lipinski definition) is 3. The van der Waals surface area contributed by atoms with Gasteiger partial charge in [-0.3, -0.25) is 14.9 Å². The number of nitrogens with one attached hydrogen (secondary N) is 3. The molecule has 0 radical (unpaired) electrons. The van der Waals surface area contributed by atoms with E-state index in [9.17, 15) is 4.79 Å². The van der Waals surface area contributed by atoms with Crippen molar-refractivity contribution in [2.24, 2.45) is 0 Å². The molecule has 7 nitrogen and oxygen atoms in total. The van der Waals surface area contributed by atoms with E-state index in [-0.39, 0.29) is 11.6 Å². The van der Waals surface area contributed by atoms with Crippen molar-refractivity contribution in [3.63, 3.8) is 0 Å². The number of fused-ring (bicyclic) bond motifs is 1. The summed E-state index contributed by atoms with van der Waals surface area (Å²) in [6.45, 7) is 3.12. The molecule has 124 valence electrons. The Balaban J connectivity index is 1.63. The fraction of sp³-hybridized carbons (Fsp3) is 0.353. The summed E-state index contributed by atoms with van der Waals surface area (Å²) in [5, 5.41) is 10.5. The van der Waals surface area contributed by atoms with E-state index in [1.54, 1.807) is 0 Å². The van der Waals surface area contributed by atoms with Crippen molar-refractivity contribution >= 4 is 17.0 Å². The molecule has 1 atom stereocenters. The van der Waals surface area contributed by atoms with E-state index >= 15 is 0 Å². The molecule has 0 amide bonds. The van der Waals surface area contributed by atoms with Crippen LogP contribution in [0.2, 0.25) is 0 Å². The molecule has 0 aliphatic carbocycles. The second-order valence-electron chi connectivity index (χ2n) is 6.16. The zero-order chi connectivity index (χ0) is 16.4. The molecule has 1 aliphatic heterocycles. The highest BCUT2D eigenvalue weighted by Gasteiger charge is 2.20. The monoisotopic (exact) mass is 324 g/mol. The zero-order valence-corrected chi connectivity index (χ0v) is 13.3. The molecule has 1 aromatic carbocycles. The van der Waals surface area contributed by atoms with Gasteiger partial charge in [0.25, 0.3) is 5.56 Å². The number of likely N-dealkylation sites (tertiary alicyclic amines) is 1. The summed E-state index contributed by atoms with van der Waals surface area (Å²) in [6, 6.07) is 10.3. The second-order valence-corrected chi connectivity index (χ2v) is 6.16. The lowest BCUT2D eigenvalue weighted by Gasteiger charge is -2.25. The Labute approximate surface area is 139 Å². The third kappa shape index (κ3) is 3.03. The van der Waals surface area contributed by atoms with Crippen LogP contribution in [0.15, 0.2) is 41.3 Å². The number of anilines is 1. The predicted octanol–water partition coefficient (Wildman–Crippen LogP) is 1.90. The maximum absolute atomic E-state index is 12.1. The number of rotatable bonds is 5. The first-order valence-corrected chi connectivity index (χ1v) is 8.27. The fourth-order valence-corrected chi connectivity index (χ4v) is 3.22. The number of benzene rings is 1. The smallest absolute Gasteiger partial charge is 0.263 e. The zero-order valence-electron chi connectivity index (χ0n) is 13.3. The third-order valence-corrected chi connectivity index (χ3v) is 4.47. The summed E-state index contributed by atoms with van der Waals surface area (Å²) in [5.74, 6) is 0.463. The van der Waals surface area contributed by atoms with Crippen molar-refractivity contribution in [3.8, 4) is 0 Å². The Hall–Kier alpha value is -2.67. The molecule has 0 saturated carbocycles. The molecule has 3 N–H and O–H groups in total. The van der Waals surface area contributed by atoms with Gasteiger partial charge in [-0.05, 0) is 31.5 Å². The van der Waals surface area contributed by atoms with Gasteiger partial charge < -0.3 is 10.2 Å². The SMILES string of the molecule is O=c1[nH]c(NC(CN2CCCC2)c2ccccc2)nc2[nH]ncc12. The van der Waals surface area contributed by atoms with Crippen LogP contribution in [0.1, 0.15) is 24.4 Å². The minimum Gasteiger partial charge on any atom is -0.348 e. The topological polar surface area (TPSA) is 89.7 Å². The molecule has 1 aliphatic rings. The first-order chi connectivity index (χ1) is 11.8. The number of H-pyrrole nitrogens is 2. The average Bonchev–Trinajstić information content (AvgIpc) is 3.27. The minimum absolute atomic E-state index is 0.0628. The maximum atomic E-state index is 12.1. The van der Waals surface area contributed by atoms with E-state index < -0.39 is 0 Å². The molecule has 1 saturated heterocycles. The van der Waals surface area contributed by atoms with E-state index in [2.05, 4.69) is 42.5 Å². The molecular weight excluding hydrogens is 304 g/mol. The molecular formula is C17H20N6O. The largest absolute Gasteiger partial charge is 0.348 e. The Kier molecular flexibility index (Phi) is 4.00. The third-order valence-electron chi connectivity index (χ3n) is 4.47. The summed E-state index contributed by atoms with van der Waals surface area (Å²) >= 11 is 0. The van der Waals surface area contributed by atoms with E-state index in [4.69, 9.17) is 0 Å².